The van der Waals surface area contributed by atoms with Gasteiger partial charge in [0.1, 0.15) is 0 Å². The Balaban J connectivity index is 1.76. The molecule has 0 bridgehead atoms. The second-order valence-electron chi connectivity index (χ2n) is 5.71. The lowest BCUT2D eigenvalue weighted by atomic mass is 9.88. The van der Waals surface area contributed by atoms with Crippen molar-refractivity contribution >= 4 is 15.9 Å². The first-order valence-corrected chi connectivity index (χ1v) is 8.51. The molecule has 1 heterocycles. The Morgan fingerprint density at radius 3 is 2.95 bits per heavy atom. The van der Waals surface area contributed by atoms with Gasteiger partial charge < -0.3 is 5.32 Å². The molecule has 0 saturated heterocycles. The molecule has 3 nitrogen and oxygen atoms in total. The van der Waals surface area contributed by atoms with Crippen molar-refractivity contribution in [3.05, 3.63) is 51.3 Å². The summed E-state index contributed by atoms with van der Waals surface area (Å²) in [5.74, 6) is 0. The maximum atomic E-state index is 4.57. The average molecular weight is 348 g/mol. The van der Waals surface area contributed by atoms with E-state index in [0.29, 0.717) is 6.04 Å². The number of fused-ring (bicyclic) bond motifs is 1. The number of benzene rings is 1. The third kappa shape index (κ3) is 2.92. The lowest BCUT2D eigenvalue weighted by Gasteiger charge is -2.26. The zero-order chi connectivity index (χ0) is 14.8. The summed E-state index contributed by atoms with van der Waals surface area (Å²) in [4.78, 5) is 0. The first kappa shape index (κ1) is 14.8. The summed E-state index contributed by atoms with van der Waals surface area (Å²) in [6.07, 6.45) is 4.65. The molecule has 1 atom stereocenters. The van der Waals surface area contributed by atoms with Gasteiger partial charge in [-0.2, -0.15) is 5.10 Å². The van der Waals surface area contributed by atoms with Gasteiger partial charge in [0.15, 0.2) is 0 Å². The van der Waals surface area contributed by atoms with Crippen molar-refractivity contribution in [2.45, 2.75) is 45.2 Å². The maximum Gasteiger partial charge on any atom is 0.0767 e. The van der Waals surface area contributed by atoms with Gasteiger partial charge in [0.25, 0.3) is 0 Å². The molecule has 1 aromatic carbocycles. The summed E-state index contributed by atoms with van der Waals surface area (Å²) >= 11 is 3.70. The lowest BCUT2D eigenvalue weighted by molar-refractivity contribution is 0.450. The van der Waals surface area contributed by atoms with Crippen LogP contribution in [-0.4, -0.2) is 9.78 Å². The topological polar surface area (TPSA) is 29.9 Å². The van der Waals surface area contributed by atoms with Gasteiger partial charge in [-0.05, 0) is 52.7 Å². The number of hydrogen-bond acceptors (Lipinski definition) is 2. The molecule has 1 aromatic heterocycles. The van der Waals surface area contributed by atoms with Crippen molar-refractivity contribution in [3.63, 3.8) is 0 Å². The third-order valence-electron chi connectivity index (χ3n) is 4.39. The molecule has 0 amide bonds. The molecule has 112 valence electrons. The van der Waals surface area contributed by atoms with Gasteiger partial charge in [-0.1, -0.05) is 31.2 Å². The highest BCUT2D eigenvalue weighted by Crippen LogP contribution is 2.30. The molecule has 3 rings (SSSR count). The van der Waals surface area contributed by atoms with Crippen molar-refractivity contribution in [3.8, 4) is 0 Å². The van der Waals surface area contributed by atoms with E-state index in [4.69, 9.17) is 0 Å². The predicted octanol–water partition coefficient (Wildman–Crippen LogP) is 3.91. The van der Waals surface area contributed by atoms with E-state index in [-0.39, 0.29) is 0 Å². The van der Waals surface area contributed by atoms with Gasteiger partial charge in [-0.15, -0.1) is 0 Å². The van der Waals surface area contributed by atoms with E-state index in [9.17, 15) is 0 Å². The molecule has 1 aliphatic carbocycles. The van der Waals surface area contributed by atoms with Crippen molar-refractivity contribution in [2.75, 3.05) is 0 Å². The van der Waals surface area contributed by atoms with Crippen LogP contribution in [0, 0.1) is 0 Å². The summed E-state index contributed by atoms with van der Waals surface area (Å²) in [7, 11) is 2.02. The van der Waals surface area contributed by atoms with E-state index in [2.05, 4.69) is 57.5 Å². The van der Waals surface area contributed by atoms with Gasteiger partial charge >= 0.3 is 0 Å². The molecule has 1 aliphatic rings. The van der Waals surface area contributed by atoms with Crippen LogP contribution in [0.2, 0.25) is 0 Å². The predicted molar refractivity (Wildman–Crippen MR) is 89.2 cm³/mol. The SMILES string of the molecule is CCc1nn(C)c(CNC2CCCc3ccccc32)c1Br. The third-order valence-corrected chi connectivity index (χ3v) is 5.30. The van der Waals surface area contributed by atoms with Gasteiger partial charge in [0.2, 0.25) is 0 Å². The molecule has 4 heteroatoms. The van der Waals surface area contributed by atoms with E-state index in [1.807, 2.05) is 11.7 Å². The van der Waals surface area contributed by atoms with Crippen LogP contribution in [-0.2, 0) is 26.4 Å². The zero-order valence-electron chi connectivity index (χ0n) is 12.7. The molecule has 0 saturated carbocycles. The van der Waals surface area contributed by atoms with Crippen molar-refractivity contribution in [1.82, 2.24) is 15.1 Å². The number of rotatable bonds is 4. The second-order valence-corrected chi connectivity index (χ2v) is 6.50. The highest BCUT2D eigenvalue weighted by atomic mass is 79.9. The first-order valence-electron chi connectivity index (χ1n) is 7.72. The number of nitrogens with one attached hydrogen (secondary N) is 1. The molecule has 0 aliphatic heterocycles. The Morgan fingerprint density at radius 2 is 2.19 bits per heavy atom. The minimum Gasteiger partial charge on any atom is -0.304 e. The summed E-state index contributed by atoms with van der Waals surface area (Å²) in [5.41, 5.74) is 5.34. The monoisotopic (exact) mass is 347 g/mol. The van der Waals surface area contributed by atoms with Gasteiger partial charge in [0, 0.05) is 19.6 Å². The number of aryl methyl sites for hydroxylation is 3. The molecule has 0 fully saturated rings. The van der Waals surface area contributed by atoms with Crippen molar-refractivity contribution in [2.24, 2.45) is 7.05 Å². The molecule has 0 radical (unpaired) electrons. The van der Waals surface area contributed by atoms with E-state index < -0.39 is 0 Å². The van der Waals surface area contributed by atoms with Crippen LogP contribution in [0.3, 0.4) is 0 Å². The van der Waals surface area contributed by atoms with Crippen LogP contribution in [0.4, 0.5) is 0 Å². The summed E-state index contributed by atoms with van der Waals surface area (Å²) in [5, 5.41) is 8.29. The fourth-order valence-corrected chi connectivity index (χ4v) is 3.95. The molecule has 1 N–H and O–H groups in total. The molecule has 0 spiro atoms. The van der Waals surface area contributed by atoms with Gasteiger partial charge in [0.05, 0.1) is 15.9 Å². The highest BCUT2D eigenvalue weighted by molar-refractivity contribution is 9.10. The second kappa shape index (κ2) is 6.32. The van der Waals surface area contributed by atoms with E-state index in [1.165, 1.54) is 36.1 Å². The Labute approximate surface area is 134 Å². The molecule has 21 heavy (non-hydrogen) atoms. The first-order chi connectivity index (χ1) is 10.2. The van der Waals surface area contributed by atoms with Crippen LogP contribution >= 0.6 is 15.9 Å². The minimum absolute atomic E-state index is 0.460. The largest absolute Gasteiger partial charge is 0.304 e. The zero-order valence-corrected chi connectivity index (χ0v) is 14.3. The maximum absolute atomic E-state index is 4.57. The minimum atomic E-state index is 0.460. The Morgan fingerprint density at radius 1 is 1.38 bits per heavy atom. The molecular formula is C17H22BrN3. The average Bonchev–Trinajstić information content (AvgIpc) is 2.79. The van der Waals surface area contributed by atoms with Crippen LogP contribution in [0.5, 0.6) is 0 Å². The Kier molecular flexibility index (Phi) is 4.45. The van der Waals surface area contributed by atoms with Gasteiger partial charge in [-0.3, -0.25) is 4.68 Å². The van der Waals surface area contributed by atoms with Crippen molar-refractivity contribution < 1.29 is 0 Å². The fraction of sp³-hybridized carbons (Fsp3) is 0.471. The standard InChI is InChI=1S/C17H22BrN3/c1-3-14-17(18)16(21(2)20-14)11-19-15-10-6-8-12-7-4-5-9-13(12)15/h4-5,7,9,15,19H,3,6,8,10-11H2,1-2H3. The van der Waals surface area contributed by atoms with Crippen molar-refractivity contribution in [1.29, 1.82) is 0 Å². The molecule has 1 unspecified atom stereocenters. The van der Waals surface area contributed by atoms with Gasteiger partial charge in [-0.25, -0.2) is 0 Å². The number of aromatic nitrogens is 2. The summed E-state index contributed by atoms with van der Waals surface area (Å²) < 4.78 is 3.15. The molecular weight excluding hydrogens is 326 g/mol. The number of hydrogen-bond donors (Lipinski definition) is 1. The summed E-state index contributed by atoms with van der Waals surface area (Å²) in [6.45, 7) is 2.99. The number of halogens is 1. The summed E-state index contributed by atoms with van der Waals surface area (Å²) in [6, 6.07) is 9.28. The quantitative estimate of drug-likeness (QED) is 0.908. The fourth-order valence-electron chi connectivity index (χ4n) is 3.20. The molecule has 2 aromatic rings. The van der Waals surface area contributed by atoms with Crippen LogP contribution < -0.4 is 5.32 Å². The smallest absolute Gasteiger partial charge is 0.0767 e. The van der Waals surface area contributed by atoms with E-state index >= 15 is 0 Å². The van der Waals surface area contributed by atoms with E-state index in [1.54, 1.807) is 0 Å². The van der Waals surface area contributed by atoms with Crippen LogP contribution in [0.15, 0.2) is 28.7 Å². The Hall–Kier alpha value is -1.13. The van der Waals surface area contributed by atoms with E-state index in [0.717, 1.165) is 23.1 Å². The van der Waals surface area contributed by atoms with Crippen LogP contribution in [0.1, 0.15) is 48.3 Å². The Bertz CT molecular complexity index is 633. The number of nitrogens with zero attached hydrogens (tertiary/aromatic N) is 2. The lowest BCUT2D eigenvalue weighted by Crippen LogP contribution is -2.25. The van der Waals surface area contributed by atoms with Crippen LogP contribution in [0.25, 0.3) is 0 Å². The highest BCUT2D eigenvalue weighted by Gasteiger charge is 2.20. The normalized spacial score (nSPS) is 17.8.